The third-order valence-corrected chi connectivity index (χ3v) is 4.18. The van der Waals surface area contributed by atoms with Gasteiger partial charge in [-0.15, -0.1) is 0 Å². The quantitative estimate of drug-likeness (QED) is 0.919. The van der Waals surface area contributed by atoms with Gasteiger partial charge in [-0.3, -0.25) is 4.99 Å². The molecule has 0 bridgehead atoms. The molecule has 0 amide bonds. The molecular formula is C17H27N3. The van der Waals surface area contributed by atoms with Gasteiger partial charge >= 0.3 is 0 Å². The van der Waals surface area contributed by atoms with Gasteiger partial charge in [0, 0.05) is 6.54 Å². The number of rotatable bonds is 3. The van der Waals surface area contributed by atoms with Crippen LogP contribution in [0.1, 0.15) is 43.0 Å². The average Bonchev–Trinajstić information content (AvgIpc) is 2.56. The lowest BCUT2D eigenvalue weighted by molar-refractivity contribution is 0.202. The number of benzene rings is 1. The summed E-state index contributed by atoms with van der Waals surface area (Å²) in [7, 11) is 0. The summed E-state index contributed by atoms with van der Waals surface area (Å²) in [5, 5.41) is 0. The average molecular weight is 273 g/mol. The highest BCUT2D eigenvalue weighted by atomic mass is 15.4. The van der Waals surface area contributed by atoms with Crippen LogP contribution >= 0.6 is 0 Å². The highest BCUT2D eigenvalue weighted by molar-refractivity contribution is 5.81. The molecule has 2 rings (SSSR count). The third-order valence-electron chi connectivity index (χ3n) is 4.18. The van der Waals surface area contributed by atoms with Crippen LogP contribution in [0.4, 0.5) is 0 Å². The Morgan fingerprint density at radius 1 is 1.25 bits per heavy atom. The summed E-state index contributed by atoms with van der Waals surface area (Å²) in [6.07, 6.45) is 0. The van der Waals surface area contributed by atoms with Crippen molar-refractivity contribution in [3.8, 4) is 0 Å². The topological polar surface area (TPSA) is 41.6 Å². The number of nitrogens with zero attached hydrogens (tertiary/aromatic N) is 2. The van der Waals surface area contributed by atoms with E-state index in [-0.39, 0.29) is 5.54 Å². The molecular weight excluding hydrogens is 246 g/mol. The number of aliphatic imine (C=N–C) groups is 1. The Labute approximate surface area is 122 Å². The Bertz CT molecular complexity index is 522. The molecule has 0 spiro atoms. The summed E-state index contributed by atoms with van der Waals surface area (Å²) >= 11 is 0. The van der Waals surface area contributed by atoms with Gasteiger partial charge in [-0.25, -0.2) is 0 Å². The fourth-order valence-electron chi connectivity index (χ4n) is 3.56. The minimum absolute atomic E-state index is 0.115. The van der Waals surface area contributed by atoms with Crippen LogP contribution in [0.2, 0.25) is 0 Å². The molecule has 20 heavy (non-hydrogen) atoms. The van der Waals surface area contributed by atoms with Crippen LogP contribution in [0, 0.1) is 26.7 Å². The van der Waals surface area contributed by atoms with Crippen molar-refractivity contribution >= 4 is 5.96 Å². The Balaban J connectivity index is 2.50. The first-order valence-corrected chi connectivity index (χ1v) is 7.41. The summed E-state index contributed by atoms with van der Waals surface area (Å²) in [5.74, 6) is 1.24. The van der Waals surface area contributed by atoms with Gasteiger partial charge in [-0.05, 0) is 50.3 Å². The van der Waals surface area contributed by atoms with Crippen molar-refractivity contribution in [3.63, 3.8) is 0 Å². The van der Waals surface area contributed by atoms with Crippen molar-refractivity contribution in [1.29, 1.82) is 0 Å². The molecule has 0 radical (unpaired) electrons. The molecule has 3 heteroatoms. The fraction of sp³-hybridized carbons (Fsp3) is 0.588. The molecule has 0 aromatic heterocycles. The number of aryl methyl sites for hydroxylation is 3. The van der Waals surface area contributed by atoms with E-state index >= 15 is 0 Å². The molecule has 1 atom stereocenters. The van der Waals surface area contributed by atoms with E-state index in [9.17, 15) is 0 Å². The van der Waals surface area contributed by atoms with E-state index in [4.69, 9.17) is 5.73 Å². The van der Waals surface area contributed by atoms with Gasteiger partial charge < -0.3 is 10.6 Å². The van der Waals surface area contributed by atoms with Crippen molar-refractivity contribution in [2.75, 3.05) is 13.1 Å². The van der Waals surface area contributed by atoms with Crippen molar-refractivity contribution in [3.05, 3.63) is 34.4 Å². The zero-order valence-electron chi connectivity index (χ0n) is 13.6. The van der Waals surface area contributed by atoms with Gasteiger partial charge in [0.15, 0.2) is 5.96 Å². The van der Waals surface area contributed by atoms with Crippen molar-refractivity contribution < 1.29 is 0 Å². The van der Waals surface area contributed by atoms with Gasteiger partial charge in [0.05, 0.1) is 12.1 Å². The third kappa shape index (κ3) is 2.41. The summed E-state index contributed by atoms with van der Waals surface area (Å²) < 4.78 is 0. The molecule has 1 aromatic carbocycles. The molecule has 0 aliphatic carbocycles. The predicted octanol–water partition coefficient (Wildman–Crippen LogP) is 3.11. The monoisotopic (exact) mass is 273 g/mol. The van der Waals surface area contributed by atoms with Crippen LogP contribution in [0.15, 0.2) is 17.1 Å². The summed E-state index contributed by atoms with van der Waals surface area (Å²) in [6.45, 7) is 14.9. The number of guanidine groups is 1. The molecule has 110 valence electrons. The smallest absolute Gasteiger partial charge is 0.192 e. The van der Waals surface area contributed by atoms with Crippen LogP contribution in [0.3, 0.4) is 0 Å². The molecule has 2 N–H and O–H groups in total. The van der Waals surface area contributed by atoms with E-state index in [1.54, 1.807) is 0 Å². The largest absolute Gasteiger partial charge is 0.370 e. The summed E-state index contributed by atoms with van der Waals surface area (Å²) in [5.41, 5.74) is 11.4. The lowest BCUT2D eigenvalue weighted by Gasteiger charge is -2.39. The maximum absolute atomic E-state index is 6.15. The molecule has 1 aliphatic heterocycles. The molecule has 1 heterocycles. The van der Waals surface area contributed by atoms with Gasteiger partial charge in [-0.2, -0.15) is 0 Å². The van der Waals surface area contributed by atoms with Crippen LogP contribution in [0.25, 0.3) is 0 Å². The first-order chi connectivity index (χ1) is 9.25. The number of hydrogen-bond donors (Lipinski definition) is 1. The first kappa shape index (κ1) is 14.9. The second-order valence-corrected chi connectivity index (χ2v) is 6.73. The molecule has 1 aromatic rings. The van der Waals surface area contributed by atoms with Crippen molar-refractivity contribution in [2.24, 2.45) is 16.6 Å². The Morgan fingerprint density at radius 3 is 2.30 bits per heavy atom. The summed E-state index contributed by atoms with van der Waals surface area (Å²) in [4.78, 5) is 6.81. The van der Waals surface area contributed by atoms with Gasteiger partial charge in [-0.1, -0.05) is 31.5 Å². The van der Waals surface area contributed by atoms with Crippen molar-refractivity contribution in [1.82, 2.24) is 4.90 Å². The SMILES string of the molecule is Cc1cc(C)c(C2(C)CN=C(N)N2CC(C)C)c(C)c1. The molecule has 3 nitrogen and oxygen atoms in total. The second-order valence-electron chi connectivity index (χ2n) is 6.73. The maximum atomic E-state index is 6.15. The molecule has 0 saturated carbocycles. The molecule has 1 aliphatic rings. The first-order valence-electron chi connectivity index (χ1n) is 7.41. The van der Waals surface area contributed by atoms with Crippen LogP contribution in [-0.4, -0.2) is 23.9 Å². The number of nitrogens with two attached hydrogens (primary N) is 1. The van der Waals surface area contributed by atoms with Crippen molar-refractivity contribution in [2.45, 2.75) is 47.1 Å². The van der Waals surface area contributed by atoms with E-state index in [1.807, 2.05) is 0 Å². The Kier molecular flexibility index (Phi) is 3.81. The van der Waals surface area contributed by atoms with E-state index in [1.165, 1.54) is 22.3 Å². The standard InChI is InChI=1S/C17H27N3/c1-11(2)9-20-16(18)19-10-17(20,6)15-13(4)7-12(3)8-14(15)5/h7-8,11H,9-10H2,1-6H3,(H2,18,19). The predicted molar refractivity (Wildman–Crippen MR) is 86.0 cm³/mol. The zero-order chi connectivity index (χ0) is 15.1. The Morgan fingerprint density at radius 2 is 1.80 bits per heavy atom. The Hall–Kier alpha value is -1.51. The van der Waals surface area contributed by atoms with Crippen LogP contribution in [0.5, 0.6) is 0 Å². The van der Waals surface area contributed by atoms with E-state index < -0.39 is 0 Å². The van der Waals surface area contributed by atoms with E-state index in [2.05, 4.69) is 63.6 Å². The highest BCUT2D eigenvalue weighted by Gasteiger charge is 2.41. The highest BCUT2D eigenvalue weighted by Crippen LogP contribution is 2.37. The van der Waals surface area contributed by atoms with E-state index in [0.29, 0.717) is 11.9 Å². The van der Waals surface area contributed by atoms with Crippen LogP contribution in [-0.2, 0) is 5.54 Å². The van der Waals surface area contributed by atoms with Gasteiger partial charge in [0.2, 0.25) is 0 Å². The fourth-order valence-corrected chi connectivity index (χ4v) is 3.56. The van der Waals surface area contributed by atoms with Gasteiger partial charge in [0.1, 0.15) is 0 Å². The zero-order valence-corrected chi connectivity index (χ0v) is 13.6. The second kappa shape index (κ2) is 5.12. The molecule has 1 unspecified atom stereocenters. The normalized spacial score (nSPS) is 22.6. The molecule has 0 fully saturated rings. The lowest BCUT2D eigenvalue weighted by atomic mass is 9.83. The minimum atomic E-state index is -0.115. The lowest BCUT2D eigenvalue weighted by Crippen LogP contribution is -2.49. The maximum Gasteiger partial charge on any atom is 0.192 e. The summed E-state index contributed by atoms with van der Waals surface area (Å²) in [6, 6.07) is 4.52. The van der Waals surface area contributed by atoms with Crippen LogP contribution < -0.4 is 5.73 Å². The minimum Gasteiger partial charge on any atom is -0.370 e. The number of hydrogen-bond acceptors (Lipinski definition) is 3. The molecule has 0 saturated heterocycles. The van der Waals surface area contributed by atoms with Gasteiger partial charge in [0.25, 0.3) is 0 Å². The van der Waals surface area contributed by atoms with E-state index in [0.717, 1.165) is 13.1 Å².